The van der Waals surface area contributed by atoms with Gasteiger partial charge in [0.1, 0.15) is 22.8 Å². The van der Waals surface area contributed by atoms with Gasteiger partial charge >= 0.3 is 0 Å². The smallest absolute Gasteiger partial charge is 0.201 e. The van der Waals surface area contributed by atoms with Gasteiger partial charge in [0.15, 0.2) is 0 Å². The molecular formula is C28H30N4O. The number of ether oxygens (including phenoxy) is 1. The van der Waals surface area contributed by atoms with Gasteiger partial charge in [-0.25, -0.2) is 4.98 Å². The molecule has 0 saturated carbocycles. The lowest BCUT2D eigenvalue weighted by Gasteiger charge is -2.11. The summed E-state index contributed by atoms with van der Waals surface area (Å²) in [6.45, 7) is 2.99. The summed E-state index contributed by atoms with van der Waals surface area (Å²) in [6, 6.07) is 23.8. The van der Waals surface area contributed by atoms with Gasteiger partial charge in [0, 0.05) is 17.3 Å². The van der Waals surface area contributed by atoms with Crippen LogP contribution in [0, 0.1) is 0 Å². The Labute approximate surface area is 195 Å². The standard InChI is InChI=1S/C28H30N4O/c1-2-3-4-5-6-12-21-33-24-18-16-23(17-19-24)26-27(22-13-8-7-9-14-22)31-32-28(30-26)25-15-10-11-20-29-25/h7-11,13-20H,2-6,12,21H2,1H3. The Balaban J connectivity index is 1.53. The molecule has 0 spiro atoms. The Morgan fingerprint density at radius 3 is 2.15 bits per heavy atom. The average Bonchev–Trinajstić information content (AvgIpc) is 2.89. The molecule has 0 atom stereocenters. The summed E-state index contributed by atoms with van der Waals surface area (Å²) in [4.78, 5) is 9.23. The fourth-order valence-electron chi connectivity index (χ4n) is 3.70. The van der Waals surface area contributed by atoms with Gasteiger partial charge in [-0.2, -0.15) is 0 Å². The van der Waals surface area contributed by atoms with Crippen molar-refractivity contribution in [1.29, 1.82) is 0 Å². The maximum atomic E-state index is 5.95. The Morgan fingerprint density at radius 1 is 0.667 bits per heavy atom. The van der Waals surface area contributed by atoms with Gasteiger partial charge in [-0.3, -0.25) is 4.98 Å². The van der Waals surface area contributed by atoms with Crippen molar-refractivity contribution in [3.8, 4) is 39.8 Å². The lowest BCUT2D eigenvalue weighted by atomic mass is 10.0. The molecule has 168 valence electrons. The fraction of sp³-hybridized carbons (Fsp3) is 0.286. The summed E-state index contributed by atoms with van der Waals surface area (Å²) in [5, 5.41) is 8.89. The number of nitrogens with zero attached hydrogens (tertiary/aromatic N) is 4. The van der Waals surface area contributed by atoms with Crippen LogP contribution in [-0.2, 0) is 0 Å². The van der Waals surface area contributed by atoms with E-state index < -0.39 is 0 Å². The van der Waals surface area contributed by atoms with Crippen molar-refractivity contribution < 1.29 is 4.74 Å². The van der Waals surface area contributed by atoms with Crippen LogP contribution in [0.25, 0.3) is 34.0 Å². The molecule has 2 aromatic carbocycles. The second-order valence-corrected chi connectivity index (χ2v) is 8.05. The van der Waals surface area contributed by atoms with Crippen LogP contribution < -0.4 is 4.74 Å². The van der Waals surface area contributed by atoms with Crippen molar-refractivity contribution in [2.75, 3.05) is 6.61 Å². The van der Waals surface area contributed by atoms with Crippen LogP contribution >= 0.6 is 0 Å². The maximum absolute atomic E-state index is 5.95. The Hall–Kier alpha value is -3.60. The van der Waals surface area contributed by atoms with E-state index >= 15 is 0 Å². The van der Waals surface area contributed by atoms with Crippen LogP contribution in [0.3, 0.4) is 0 Å². The van der Waals surface area contributed by atoms with Crippen LogP contribution in [-0.4, -0.2) is 26.8 Å². The third kappa shape index (κ3) is 6.22. The Bertz CT molecular complexity index is 1120. The van der Waals surface area contributed by atoms with Crippen LogP contribution in [0.4, 0.5) is 0 Å². The molecule has 0 N–H and O–H groups in total. The maximum Gasteiger partial charge on any atom is 0.201 e. The van der Waals surface area contributed by atoms with Crippen LogP contribution in [0.1, 0.15) is 45.4 Å². The number of hydrogen-bond donors (Lipinski definition) is 0. The zero-order valence-corrected chi connectivity index (χ0v) is 19.2. The molecule has 0 radical (unpaired) electrons. The first-order valence-electron chi connectivity index (χ1n) is 11.8. The largest absolute Gasteiger partial charge is 0.494 e. The van der Waals surface area contributed by atoms with Crippen molar-refractivity contribution in [2.45, 2.75) is 45.4 Å². The SMILES string of the molecule is CCCCCCCCOc1ccc(-c2nc(-c3ccccn3)nnc2-c2ccccc2)cc1. The van der Waals surface area contributed by atoms with E-state index in [1.54, 1.807) is 6.20 Å². The summed E-state index contributed by atoms with van der Waals surface area (Å²) >= 11 is 0. The van der Waals surface area contributed by atoms with Crippen LogP contribution in [0.5, 0.6) is 5.75 Å². The van der Waals surface area contributed by atoms with E-state index in [0.29, 0.717) is 11.5 Å². The van der Waals surface area contributed by atoms with Gasteiger partial charge in [0.2, 0.25) is 5.82 Å². The van der Waals surface area contributed by atoms with E-state index in [2.05, 4.69) is 22.1 Å². The molecule has 0 fully saturated rings. The topological polar surface area (TPSA) is 60.8 Å². The lowest BCUT2D eigenvalue weighted by molar-refractivity contribution is 0.304. The molecule has 33 heavy (non-hydrogen) atoms. The van der Waals surface area contributed by atoms with Gasteiger partial charge in [0.05, 0.1) is 6.61 Å². The molecule has 5 nitrogen and oxygen atoms in total. The minimum absolute atomic E-state index is 0.508. The normalized spacial score (nSPS) is 10.8. The van der Waals surface area contributed by atoms with E-state index in [1.165, 1.54) is 32.1 Å². The van der Waals surface area contributed by atoms with Crippen LogP contribution in [0.2, 0.25) is 0 Å². The highest BCUT2D eigenvalue weighted by Crippen LogP contribution is 2.30. The second-order valence-electron chi connectivity index (χ2n) is 8.05. The third-order valence-corrected chi connectivity index (χ3v) is 5.52. The molecule has 0 unspecified atom stereocenters. The summed E-state index contributed by atoms with van der Waals surface area (Å²) < 4.78 is 5.95. The Kier molecular flexibility index (Phi) is 8.12. The van der Waals surface area contributed by atoms with Crippen molar-refractivity contribution in [2.24, 2.45) is 0 Å². The van der Waals surface area contributed by atoms with E-state index in [9.17, 15) is 0 Å². The first kappa shape index (κ1) is 22.6. The zero-order chi connectivity index (χ0) is 22.7. The van der Waals surface area contributed by atoms with Gasteiger partial charge < -0.3 is 4.74 Å². The molecule has 0 bridgehead atoms. The lowest BCUT2D eigenvalue weighted by Crippen LogP contribution is -2.01. The molecule has 0 amide bonds. The number of benzene rings is 2. The van der Waals surface area contributed by atoms with Crippen molar-refractivity contribution in [1.82, 2.24) is 20.2 Å². The van der Waals surface area contributed by atoms with Crippen molar-refractivity contribution >= 4 is 0 Å². The third-order valence-electron chi connectivity index (χ3n) is 5.52. The number of aromatic nitrogens is 4. The molecule has 0 aliphatic carbocycles. The monoisotopic (exact) mass is 438 g/mol. The van der Waals surface area contributed by atoms with E-state index in [4.69, 9.17) is 9.72 Å². The van der Waals surface area contributed by atoms with E-state index in [-0.39, 0.29) is 0 Å². The van der Waals surface area contributed by atoms with Crippen molar-refractivity contribution in [3.63, 3.8) is 0 Å². The highest BCUT2D eigenvalue weighted by molar-refractivity contribution is 5.78. The molecule has 2 heterocycles. The average molecular weight is 439 g/mol. The second kappa shape index (κ2) is 11.9. The highest BCUT2D eigenvalue weighted by atomic mass is 16.5. The van der Waals surface area contributed by atoms with Gasteiger partial charge in [-0.05, 0) is 42.8 Å². The quantitative estimate of drug-likeness (QED) is 0.236. The number of hydrogen-bond acceptors (Lipinski definition) is 5. The predicted octanol–water partition coefficient (Wildman–Crippen LogP) is 7.01. The fourth-order valence-corrected chi connectivity index (χ4v) is 3.70. The molecular weight excluding hydrogens is 408 g/mol. The van der Waals surface area contributed by atoms with Gasteiger partial charge in [-0.15, -0.1) is 10.2 Å². The molecule has 4 rings (SSSR count). The van der Waals surface area contributed by atoms with Gasteiger partial charge in [0.25, 0.3) is 0 Å². The molecule has 0 saturated heterocycles. The summed E-state index contributed by atoms with van der Waals surface area (Å²) in [5.74, 6) is 1.38. The van der Waals surface area contributed by atoms with E-state index in [0.717, 1.165) is 41.3 Å². The first-order chi connectivity index (χ1) is 16.3. The number of rotatable bonds is 11. The minimum Gasteiger partial charge on any atom is -0.494 e. The number of unbranched alkanes of at least 4 members (excludes halogenated alkanes) is 5. The molecule has 4 aromatic rings. The Morgan fingerprint density at radius 2 is 1.39 bits per heavy atom. The van der Waals surface area contributed by atoms with Gasteiger partial charge in [-0.1, -0.05) is 75.4 Å². The minimum atomic E-state index is 0.508. The van der Waals surface area contributed by atoms with Crippen LogP contribution in [0.15, 0.2) is 79.0 Å². The highest BCUT2D eigenvalue weighted by Gasteiger charge is 2.15. The predicted molar refractivity (Wildman–Crippen MR) is 133 cm³/mol. The molecule has 0 aliphatic rings. The molecule has 5 heteroatoms. The van der Waals surface area contributed by atoms with E-state index in [1.807, 2.05) is 72.8 Å². The summed E-state index contributed by atoms with van der Waals surface area (Å²) in [6.07, 6.45) is 9.27. The first-order valence-corrected chi connectivity index (χ1v) is 11.8. The molecule has 2 aromatic heterocycles. The summed E-state index contributed by atoms with van der Waals surface area (Å²) in [5.41, 5.74) is 4.16. The zero-order valence-electron chi connectivity index (χ0n) is 19.2. The van der Waals surface area contributed by atoms with Crippen molar-refractivity contribution in [3.05, 3.63) is 79.0 Å². The number of pyridine rings is 1. The molecule has 0 aliphatic heterocycles. The summed E-state index contributed by atoms with van der Waals surface area (Å²) in [7, 11) is 0.